The second-order valence-corrected chi connectivity index (χ2v) is 8.30. The lowest BCUT2D eigenvalue weighted by Gasteiger charge is -2.12. The Labute approximate surface area is 192 Å². The number of hydrogen-bond acceptors (Lipinski definition) is 10. The molecule has 1 aromatic carbocycles. The van der Waals surface area contributed by atoms with Crippen molar-refractivity contribution in [1.82, 2.24) is 4.98 Å². The van der Waals surface area contributed by atoms with Crippen LogP contribution >= 0.6 is 0 Å². The first-order valence-corrected chi connectivity index (χ1v) is 11.2. The van der Waals surface area contributed by atoms with Gasteiger partial charge in [-0.05, 0) is 18.2 Å². The summed E-state index contributed by atoms with van der Waals surface area (Å²) in [5, 5.41) is 3.84. The molecule has 0 spiro atoms. The van der Waals surface area contributed by atoms with Gasteiger partial charge in [-0.25, -0.2) is 18.2 Å². The zero-order chi connectivity index (χ0) is 24.4. The number of hydrogen-bond donors (Lipinski definition) is 1. The minimum Gasteiger partial charge on any atom is -0.496 e. The van der Waals surface area contributed by atoms with Gasteiger partial charge in [0, 0.05) is 29.8 Å². The molecule has 0 aliphatic carbocycles. The number of pyridine rings is 1. The van der Waals surface area contributed by atoms with Crippen LogP contribution in [0.3, 0.4) is 0 Å². The molecular formula is C22H26N2O8S. The lowest BCUT2D eigenvalue weighted by Crippen LogP contribution is -2.05. The molecule has 0 unspecified atom stereocenters. The average molecular weight is 479 g/mol. The highest BCUT2D eigenvalue weighted by molar-refractivity contribution is 7.93. The van der Waals surface area contributed by atoms with E-state index in [4.69, 9.17) is 18.9 Å². The third kappa shape index (κ3) is 7.14. The first-order valence-electron chi connectivity index (χ1n) is 9.52. The van der Waals surface area contributed by atoms with Crippen molar-refractivity contribution < 1.29 is 36.9 Å². The lowest BCUT2D eigenvalue weighted by molar-refractivity contribution is -0.134. The molecule has 0 atom stereocenters. The number of benzene rings is 1. The molecule has 2 aromatic rings. The van der Waals surface area contributed by atoms with E-state index >= 15 is 0 Å². The number of anilines is 1. The van der Waals surface area contributed by atoms with Gasteiger partial charge in [-0.3, -0.25) is 0 Å². The van der Waals surface area contributed by atoms with Crippen LogP contribution in [0, 0.1) is 0 Å². The molecule has 0 radical (unpaired) electrons. The molecule has 0 fully saturated rings. The highest BCUT2D eigenvalue weighted by Crippen LogP contribution is 2.35. The zero-order valence-electron chi connectivity index (χ0n) is 18.9. The molecule has 0 saturated heterocycles. The molecule has 1 N–H and O–H groups in total. The fourth-order valence-corrected chi connectivity index (χ4v) is 3.73. The van der Waals surface area contributed by atoms with Crippen LogP contribution in [0.1, 0.15) is 11.3 Å². The quantitative estimate of drug-likeness (QED) is 0.381. The summed E-state index contributed by atoms with van der Waals surface area (Å²) in [4.78, 5) is 15.5. The minimum absolute atomic E-state index is 0.243. The Morgan fingerprint density at radius 2 is 1.61 bits per heavy atom. The highest BCUT2D eigenvalue weighted by atomic mass is 32.2. The summed E-state index contributed by atoms with van der Waals surface area (Å²) < 4.78 is 51.1. The third-order valence-electron chi connectivity index (χ3n) is 4.32. The van der Waals surface area contributed by atoms with Gasteiger partial charge in [-0.2, -0.15) is 0 Å². The van der Waals surface area contributed by atoms with E-state index in [1.807, 2.05) is 0 Å². The van der Waals surface area contributed by atoms with Crippen LogP contribution in [0.2, 0.25) is 0 Å². The van der Waals surface area contributed by atoms with Crippen molar-refractivity contribution in [3.05, 3.63) is 53.2 Å². The number of carbonyl (C=O) groups excluding carboxylic acids is 1. The monoisotopic (exact) mass is 478 g/mol. The second-order valence-electron chi connectivity index (χ2n) is 6.41. The van der Waals surface area contributed by atoms with Crippen molar-refractivity contribution in [3.8, 4) is 23.0 Å². The summed E-state index contributed by atoms with van der Waals surface area (Å²) in [6, 6.07) is 6.36. The predicted octanol–water partition coefficient (Wildman–Crippen LogP) is 2.80. The molecule has 0 aliphatic rings. The number of nitrogens with zero attached hydrogens (tertiary/aromatic N) is 1. The topological polar surface area (TPSA) is 122 Å². The summed E-state index contributed by atoms with van der Waals surface area (Å²) in [5.74, 6) is 0.973. The van der Waals surface area contributed by atoms with Crippen LogP contribution in [0.25, 0.3) is 6.08 Å². The summed E-state index contributed by atoms with van der Waals surface area (Å²) in [6.45, 7) is 0. The summed E-state index contributed by atoms with van der Waals surface area (Å²) >= 11 is 0. The van der Waals surface area contributed by atoms with E-state index in [9.17, 15) is 13.2 Å². The van der Waals surface area contributed by atoms with Gasteiger partial charge in [-0.1, -0.05) is 0 Å². The molecule has 1 aromatic heterocycles. The molecule has 0 aliphatic heterocycles. The zero-order valence-corrected chi connectivity index (χ0v) is 19.8. The maximum atomic E-state index is 12.7. The Hall–Kier alpha value is -3.73. The van der Waals surface area contributed by atoms with Crippen molar-refractivity contribution in [2.24, 2.45) is 0 Å². The number of esters is 1. The van der Waals surface area contributed by atoms with E-state index in [0.717, 1.165) is 11.5 Å². The van der Waals surface area contributed by atoms with Crippen molar-refractivity contribution in [1.29, 1.82) is 0 Å². The smallest absolute Gasteiger partial charge is 0.331 e. The summed E-state index contributed by atoms with van der Waals surface area (Å²) in [5.41, 5.74) is 0.713. The van der Waals surface area contributed by atoms with E-state index in [1.54, 1.807) is 18.2 Å². The number of carbonyl (C=O) groups is 1. The van der Waals surface area contributed by atoms with Gasteiger partial charge in [-0.15, -0.1) is 0 Å². The summed E-state index contributed by atoms with van der Waals surface area (Å²) in [6.07, 6.45) is 3.87. The Bertz CT molecular complexity index is 1120. The fourth-order valence-electron chi connectivity index (χ4n) is 2.71. The molecule has 1 heterocycles. The van der Waals surface area contributed by atoms with E-state index in [0.29, 0.717) is 28.6 Å². The number of sulfone groups is 1. The minimum atomic E-state index is -3.72. The van der Waals surface area contributed by atoms with Crippen LogP contribution < -0.4 is 24.3 Å². The van der Waals surface area contributed by atoms with Gasteiger partial charge in [0.2, 0.25) is 0 Å². The van der Waals surface area contributed by atoms with Crippen molar-refractivity contribution in [3.63, 3.8) is 0 Å². The van der Waals surface area contributed by atoms with Gasteiger partial charge in [0.05, 0.1) is 52.6 Å². The summed E-state index contributed by atoms with van der Waals surface area (Å²) in [7, 11) is 3.41. The average Bonchev–Trinajstić information content (AvgIpc) is 2.81. The SMILES string of the molecule is COC(=O)/C=C/Nc1nc(CS(=O)(=O)/C=C/c2c(OC)cc(OC)cc2OC)ccc1OC. The van der Waals surface area contributed by atoms with Gasteiger partial charge in [0.25, 0.3) is 0 Å². The Morgan fingerprint density at radius 1 is 0.970 bits per heavy atom. The highest BCUT2D eigenvalue weighted by Gasteiger charge is 2.15. The molecular weight excluding hydrogens is 452 g/mol. The van der Waals surface area contributed by atoms with Crippen molar-refractivity contribution >= 4 is 27.7 Å². The van der Waals surface area contributed by atoms with Gasteiger partial charge in [0.1, 0.15) is 17.2 Å². The van der Waals surface area contributed by atoms with Gasteiger partial charge in [0.15, 0.2) is 21.4 Å². The van der Waals surface area contributed by atoms with E-state index < -0.39 is 15.8 Å². The first kappa shape index (κ1) is 25.5. The fraction of sp³-hybridized carbons (Fsp3) is 0.273. The Morgan fingerprint density at radius 3 is 2.15 bits per heavy atom. The Kier molecular flexibility index (Phi) is 9.10. The maximum absolute atomic E-state index is 12.7. The molecule has 11 heteroatoms. The molecule has 0 bridgehead atoms. The number of nitrogens with one attached hydrogen (secondary N) is 1. The normalized spacial score (nSPS) is 11.4. The standard InChI is InChI=1S/C22H26N2O8S/c1-28-16-12-19(30-3)17(20(13-16)31-4)9-11-33(26,27)14-15-6-7-18(29-2)22(24-15)23-10-8-21(25)32-5/h6-13H,14H2,1-5H3,(H,23,24)/b10-8+,11-9+. The molecule has 0 amide bonds. The molecule has 178 valence electrons. The third-order valence-corrected chi connectivity index (χ3v) is 5.57. The van der Waals surface area contributed by atoms with Crippen LogP contribution in [-0.2, 0) is 25.1 Å². The van der Waals surface area contributed by atoms with Crippen molar-refractivity contribution in [2.45, 2.75) is 5.75 Å². The van der Waals surface area contributed by atoms with Crippen LogP contribution in [0.5, 0.6) is 23.0 Å². The largest absolute Gasteiger partial charge is 0.496 e. The molecule has 33 heavy (non-hydrogen) atoms. The van der Waals surface area contributed by atoms with E-state index in [-0.39, 0.29) is 17.3 Å². The maximum Gasteiger partial charge on any atom is 0.331 e. The van der Waals surface area contributed by atoms with Gasteiger partial charge < -0.3 is 29.0 Å². The molecule has 2 rings (SSSR count). The number of aromatic nitrogens is 1. The predicted molar refractivity (Wildman–Crippen MR) is 123 cm³/mol. The molecule has 0 saturated carbocycles. The number of methoxy groups -OCH3 is 5. The van der Waals surface area contributed by atoms with Crippen LogP contribution in [0.4, 0.5) is 5.82 Å². The van der Waals surface area contributed by atoms with Crippen LogP contribution in [-0.4, -0.2) is 54.9 Å². The second kappa shape index (κ2) is 11.8. The van der Waals surface area contributed by atoms with Crippen LogP contribution in [0.15, 0.2) is 41.9 Å². The van der Waals surface area contributed by atoms with E-state index in [1.165, 1.54) is 53.9 Å². The number of ether oxygens (including phenoxy) is 5. The number of rotatable bonds is 11. The Balaban J connectivity index is 2.29. The lowest BCUT2D eigenvalue weighted by atomic mass is 10.1. The van der Waals surface area contributed by atoms with E-state index in [2.05, 4.69) is 15.0 Å². The van der Waals surface area contributed by atoms with Crippen molar-refractivity contribution in [2.75, 3.05) is 40.9 Å². The molecule has 10 nitrogen and oxygen atoms in total. The van der Waals surface area contributed by atoms with Gasteiger partial charge >= 0.3 is 5.97 Å². The first-order chi connectivity index (χ1) is 15.8.